The Labute approximate surface area is 107 Å². The fraction of sp³-hybridized carbons (Fsp3) is 0.462. The van der Waals surface area contributed by atoms with Gasteiger partial charge in [0.05, 0.1) is 13.0 Å². The molecule has 0 radical (unpaired) electrons. The first-order valence-electron chi connectivity index (χ1n) is 5.47. The summed E-state index contributed by atoms with van der Waals surface area (Å²) in [6.45, 7) is 5.82. The first kappa shape index (κ1) is 13.8. The molecule has 0 amide bonds. The lowest BCUT2D eigenvalue weighted by Gasteiger charge is -2.19. The van der Waals surface area contributed by atoms with E-state index in [9.17, 15) is 4.79 Å². The maximum Gasteiger partial charge on any atom is 0.309 e. The molecule has 0 N–H and O–H groups in total. The second-order valence-corrected chi connectivity index (χ2v) is 5.08. The molecule has 3 nitrogen and oxygen atoms in total. The molecule has 0 spiro atoms. The molecule has 0 unspecified atom stereocenters. The monoisotopic (exact) mass is 256 g/mol. The van der Waals surface area contributed by atoms with Gasteiger partial charge in [0.1, 0.15) is 11.4 Å². The van der Waals surface area contributed by atoms with E-state index in [0.29, 0.717) is 17.4 Å². The van der Waals surface area contributed by atoms with E-state index >= 15 is 0 Å². The van der Waals surface area contributed by atoms with Gasteiger partial charge in [0.25, 0.3) is 0 Å². The molecule has 1 aromatic carbocycles. The van der Waals surface area contributed by atoms with Crippen molar-refractivity contribution in [2.75, 3.05) is 6.61 Å². The maximum atomic E-state index is 11.4. The van der Waals surface area contributed by atoms with Crippen LogP contribution in [0.15, 0.2) is 24.3 Å². The molecular formula is C13H17ClO3. The van der Waals surface area contributed by atoms with Crippen LogP contribution in [0.5, 0.6) is 5.75 Å². The van der Waals surface area contributed by atoms with Gasteiger partial charge in [0, 0.05) is 5.02 Å². The summed E-state index contributed by atoms with van der Waals surface area (Å²) in [4.78, 5) is 11.4. The van der Waals surface area contributed by atoms with Gasteiger partial charge in [-0.3, -0.25) is 4.79 Å². The summed E-state index contributed by atoms with van der Waals surface area (Å²) >= 11 is 5.74. The number of ether oxygens (including phenoxy) is 2. The Hall–Kier alpha value is -1.22. The quantitative estimate of drug-likeness (QED) is 0.774. The zero-order valence-electron chi connectivity index (χ0n) is 10.3. The zero-order valence-corrected chi connectivity index (χ0v) is 11.1. The summed E-state index contributed by atoms with van der Waals surface area (Å²) in [5.41, 5.74) is -0.447. The number of hydrogen-bond acceptors (Lipinski definition) is 3. The normalized spacial score (nSPS) is 11.1. The molecule has 0 fully saturated rings. The molecule has 0 heterocycles. The molecule has 4 heteroatoms. The van der Waals surface area contributed by atoms with Crippen LogP contribution < -0.4 is 4.74 Å². The fourth-order valence-corrected chi connectivity index (χ4v) is 1.30. The second-order valence-electron chi connectivity index (χ2n) is 4.64. The van der Waals surface area contributed by atoms with Gasteiger partial charge in [-0.15, -0.1) is 0 Å². The number of rotatable bonds is 4. The van der Waals surface area contributed by atoms with E-state index in [2.05, 4.69) is 0 Å². The fourth-order valence-electron chi connectivity index (χ4n) is 1.18. The van der Waals surface area contributed by atoms with Crippen molar-refractivity contribution in [2.24, 2.45) is 0 Å². The number of benzene rings is 1. The Balaban J connectivity index is 2.28. The van der Waals surface area contributed by atoms with Gasteiger partial charge in [-0.1, -0.05) is 11.6 Å². The summed E-state index contributed by atoms with van der Waals surface area (Å²) in [5.74, 6) is 0.435. The van der Waals surface area contributed by atoms with Gasteiger partial charge in [-0.25, -0.2) is 0 Å². The Morgan fingerprint density at radius 2 is 1.82 bits per heavy atom. The highest BCUT2D eigenvalue weighted by atomic mass is 35.5. The minimum atomic E-state index is -0.447. The topological polar surface area (TPSA) is 35.5 Å². The minimum absolute atomic E-state index is 0.236. The average molecular weight is 257 g/mol. The SMILES string of the molecule is CC(C)(C)OC(=O)CCOc1ccc(Cl)cc1. The lowest BCUT2D eigenvalue weighted by molar-refractivity contribution is -0.155. The van der Waals surface area contributed by atoms with Crippen LogP contribution >= 0.6 is 11.6 Å². The molecule has 1 rings (SSSR count). The molecule has 94 valence electrons. The standard InChI is InChI=1S/C13H17ClO3/c1-13(2,3)17-12(15)8-9-16-11-6-4-10(14)5-7-11/h4-7H,8-9H2,1-3H3. The van der Waals surface area contributed by atoms with Crippen molar-refractivity contribution >= 4 is 17.6 Å². The van der Waals surface area contributed by atoms with Crippen LogP contribution in [0, 0.1) is 0 Å². The van der Waals surface area contributed by atoms with E-state index in [1.54, 1.807) is 24.3 Å². The second kappa shape index (κ2) is 5.92. The Morgan fingerprint density at radius 1 is 1.24 bits per heavy atom. The lowest BCUT2D eigenvalue weighted by atomic mass is 10.2. The Kier molecular flexibility index (Phi) is 4.82. The van der Waals surface area contributed by atoms with E-state index in [4.69, 9.17) is 21.1 Å². The average Bonchev–Trinajstić information content (AvgIpc) is 2.18. The first-order valence-corrected chi connectivity index (χ1v) is 5.85. The van der Waals surface area contributed by atoms with E-state index in [-0.39, 0.29) is 12.4 Å². The minimum Gasteiger partial charge on any atom is -0.493 e. The molecular weight excluding hydrogens is 240 g/mol. The number of esters is 1. The van der Waals surface area contributed by atoms with Crippen molar-refractivity contribution in [2.45, 2.75) is 32.8 Å². The van der Waals surface area contributed by atoms with E-state index in [0.717, 1.165) is 0 Å². The van der Waals surface area contributed by atoms with Crippen molar-refractivity contribution in [1.29, 1.82) is 0 Å². The molecule has 0 aliphatic carbocycles. The van der Waals surface area contributed by atoms with Crippen LogP contribution in [-0.4, -0.2) is 18.2 Å². The Morgan fingerprint density at radius 3 is 2.35 bits per heavy atom. The molecule has 0 atom stereocenters. The van der Waals surface area contributed by atoms with E-state index < -0.39 is 5.60 Å². The van der Waals surface area contributed by atoms with Gasteiger partial charge in [0.15, 0.2) is 0 Å². The van der Waals surface area contributed by atoms with E-state index in [1.165, 1.54) is 0 Å². The van der Waals surface area contributed by atoms with Crippen LogP contribution in [0.2, 0.25) is 5.02 Å². The van der Waals surface area contributed by atoms with Crippen molar-refractivity contribution in [3.63, 3.8) is 0 Å². The number of hydrogen-bond donors (Lipinski definition) is 0. The highest BCUT2D eigenvalue weighted by Crippen LogP contribution is 2.16. The van der Waals surface area contributed by atoms with Crippen LogP contribution in [0.4, 0.5) is 0 Å². The summed E-state index contributed by atoms with van der Waals surface area (Å²) in [6, 6.07) is 7.00. The third-order valence-corrected chi connectivity index (χ3v) is 2.06. The van der Waals surface area contributed by atoms with Crippen molar-refractivity contribution in [3.8, 4) is 5.75 Å². The molecule has 0 aliphatic rings. The van der Waals surface area contributed by atoms with Gasteiger partial charge in [0.2, 0.25) is 0 Å². The third kappa shape index (κ3) is 6.17. The van der Waals surface area contributed by atoms with Gasteiger partial charge >= 0.3 is 5.97 Å². The lowest BCUT2D eigenvalue weighted by Crippen LogP contribution is -2.24. The molecule has 0 saturated carbocycles. The molecule has 0 aromatic heterocycles. The number of halogens is 1. The van der Waals surface area contributed by atoms with Crippen LogP contribution in [0.3, 0.4) is 0 Å². The van der Waals surface area contributed by atoms with Gasteiger partial charge in [-0.05, 0) is 45.0 Å². The van der Waals surface area contributed by atoms with Gasteiger partial charge in [-0.2, -0.15) is 0 Å². The predicted octanol–water partition coefficient (Wildman–Crippen LogP) is 3.45. The van der Waals surface area contributed by atoms with Crippen molar-refractivity contribution < 1.29 is 14.3 Å². The smallest absolute Gasteiger partial charge is 0.309 e. The summed E-state index contributed by atoms with van der Waals surface area (Å²) in [6.07, 6.45) is 0.236. The Bertz CT molecular complexity index is 365. The molecule has 1 aromatic rings. The molecule has 17 heavy (non-hydrogen) atoms. The maximum absolute atomic E-state index is 11.4. The highest BCUT2D eigenvalue weighted by molar-refractivity contribution is 6.30. The van der Waals surface area contributed by atoms with Gasteiger partial charge < -0.3 is 9.47 Å². The van der Waals surface area contributed by atoms with Crippen LogP contribution in [0.1, 0.15) is 27.2 Å². The largest absolute Gasteiger partial charge is 0.493 e. The predicted molar refractivity (Wildman–Crippen MR) is 67.4 cm³/mol. The number of carbonyl (C=O) groups is 1. The molecule has 0 bridgehead atoms. The zero-order chi connectivity index (χ0) is 12.9. The van der Waals surface area contributed by atoms with Crippen LogP contribution in [0.25, 0.3) is 0 Å². The third-order valence-electron chi connectivity index (χ3n) is 1.81. The van der Waals surface area contributed by atoms with Crippen molar-refractivity contribution in [3.05, 3.63) is 29.3 Å². The number of carbonyl (C=O) groups excluding carboxylic acids is 1. The first-order chi connectivity index (χ1) is 7.87. The molecule has 0 aliphatic heterocycles. The van der Waals surface area contributed by atoms with Crippen molar-refractivity contribution in [1.82, 2.24) is 0 Å². The van der Waals surface area contributed by atoms with E-state index in [1.807, 2.05) is 20.8 Å². The summed E-state index contributed by atoms with van der Waals surface area (Å²) in [7, 11) is 0. The summed E-state index contributed by atoms with van der Waals surface area (Å²) < 4.78 is 10.5. The summed E-state index contributed by atoms with van der Waals surface area (Å²) in [5, 5.41) is 0.657. The molecule has 0 saturated heterocycles. The highest BCUT2D eigenvalue weighted by Gasteiger charge is 2.15. The van der Waals surface area contributed by atoms with Crippen LogP contribution in [-0.2, 0) is 9.53 Å².